The van der Waals surface area contributed by atoms with Crippen LogP contribution in [0.5, 0.6) is 0 Å². The third kappa shape index (κ3) is 5.92. The fourth-order valence-corrected chi connectivity index (χ4v) is 2.60. The van der Waals surface area contributed by atoms with Crippen LogP contribution in [0.3, 0.4) is 0 Å². The van der Waals surface area contributed by atoms with Crippen molar-refractivity contribution in [2.24, 2.45) is 0 Å². The van der Waals surface area contributed by atoms with E-state index in [1.54, 1.807) is 0 Å². The van der Waals surface area contributed by atoms with Gasteiger partial charge in [0.2, 0.25) is 5.91 Å². The van der Waals surface area contributed by atoms with Crippen LogP contribution in [0.15, 0.2) is 61.2 Å². The van der Waals surface area contributed by atoms with Gasteiger partial charge in [0.05, 0.1) is 0 Å². The first kappa shape index (κ1) is 17.8. The molecule has 24 heavy (non-hydrogen) atoms. The molecule has 2 aromatic rings. The number of benzene rings is 2. The molecular weight excluding hydrogens is 296 g/mol. The number of nitrogens with one attached hydrogen (secondary N) is 2. The first-order valence-electron chi connectivity index (χ1n) is 8.60. The van der Waals surface area contributed by atoms with Crippen LogP contribution in [-0.4, -0.2) is 5.91 Å². The molecule has 0 aromatic heterocycles. The molecule has 3 nitrogen and oxygen atoms in total. The van der Waals surface area contributed by atoms with Crippen LogP contribution in [-0.2, 0) is 11.2 Å². The summed E-state index contributed by atoms with van der Waals surface area (Å²) in [6, 6.07) is 16.2. The van der Waals surface area contributed by atoms with Crippen LogP contribution in [0.25, 0.3) is 0 Å². The largest absolute Gasteiger partial charge is 0.355 e. The molecule has 0 saturated heterocycles. The number of hydrogen-bond acceptors (Lipinski definition) is 2. The Kier molecular flexibility index (Phi) is 7.09. The predicted octanol–water partition coefficient (Wildman–Crippen LogP) is 5.68. The highest BCUT2D eigenvalue weighted by molar-refractivity contribution is 5.99. The second kappa shape index (κ2) is 9.56. The zero-order valence-corrected chi connectivity index (χ0v) is 14.3. The van der Waals surface area contributed by atoms with Gasteiger partial charge in [-0.3, -0.25) is 4.79 Å². The Morgan fingerprint density at radius 2 is 1.71 bits per heavy atom. The van der Waals surface area contributed by atoms with Gasteiger partial charge in [0.1, 0.15) is 0 Å². The van der Waals surface area contributed by atoms with Gasteiger partial charge in [-0.2, -0.15) is 0 Å². The van der Waals surface area contributed by atoms with Crippen LogP contribution >= 0.6 is 0 Å². The van der Waals surface area contributed by atoms with Crippen LogP contribution in [0.4, 0.5) is 17.1 Å². The van der Waals surface area contributed by atoms with Crippen molar-refractivity contribution in [2.75, 3.05) is 10.6 Å². The molecule has 0 aliphatic rings. The van der Waals surface area contributed by atoms with Crippen molar-refractivity contribution in [3.05, 3.63) is 66.7 Å². The molecule has 3 heteroatoms. The Morgan fingerprint density at radius 1 is 1.00 bits per heavy atom. The normalized spacial score (nSPS) is 10.2. The molecule has 126 valence electrons. The van der Waals surface area contributed by atoms with Gasteiger partial charge in [-0.05, 0) is 54.8 Å². The number of unbranched alkanes of at least 4 members (excludes halogenated alkanes) is 3. The molecule has 0 saturated carbocycles. The molecule has 1 amide bonds. The van der Waals surface area contributed by atoms with E-state index in [9.17, 15) is 4.79 Å². The van der Waals surface area contributed by atoms with Crippen LogP contribution in [0, 0.1) is 0 Å². The van der Waals surface area contributed by atoms with Gasteiger partial charge in [0, 0.05) is 17.1 Å². The lowest BCUT2D eigenvalue weighted by Crippen LogP contribution is -2.07. The molecule has 2 N–H and O–H groups in total. The molecule has 0 heterocycles. The molecule has 0 unspecified atom stereocenters. The number of carbonyl (C=O) groups excluding carboxylic acids is 1. The van der Waals surface area contributed by atoms with Crippen LogP contribution < -0.4 is 10.6 Å². The summed E-state index contributed by atoms with van der Waals surface area (Å²) in [5, 5.41) is 6.17. The molecule has 2 aromatic carbocycles. The third-order valence-electron chi connectivity index (χ3n) is 3.85. The van der Waals surface area contributed by atoms with Crippen molar-refractivity contribution in [1.29, 1.82) is 0 Å². The standard InChI is InChI=1S/C21H26N2O/c1-3-5-6-7-10-17-11-8-12-18(15-17)22-19-13-9-14-20(16-19)23-21(24)4-2/h4,8-9,11-16,22H,2-3,5-7,10H2,1H3,(H,23,24). The van der Waals surface area contributed by atoms with Gasteiger partial charge < -0.3 is 10.6 Å². The van der Waals surface area contributed by atoms with Crippen molar-refractivity contribution in [1.82, 2.24) is 0 Å². The van der Waals surface area contributed by atoms with E-state index in [-0.39, 0.29) is 5.91 Å². The molecule has 0 aliphatic heterocycles. The summed E-state index contributed by atoms with van der Waals surface area (Å²) in [4.78, 5) is 11.4. The maximum Gasteiger partial charge on any atom is 0.247 e. The Hall–Kier alpha value is -2.55. The molecular formula is C21H26N2O. The lowest BCUT2D eigenvalue weighted by Gasteiger charge is -2.10. The van der Waals surface area contributed by atoms with Gasteiger partial charge in [0.25, 0.3) is 0 Å². The van der Waals surface area contributed by atoms with Crippen LogP contribution in [0.1, 0.15) is 38.2 Å². The Labute approximate surface area is 144 Å². The Bertz CT molecular complexity index is 679. The smallest absolute Gasteiger partial charge is 0.247 e. The molecule has 0 spiro atoms. The Morgan fingerprint density at radius 3 is 2.46 bits per heavy atom. The zero-order valence-electron chi connectivity index (χ0n) is 14.3. The lowest BCUT2D eigenvalue weighted by atomic mass is 10.1. The highest BCUT2D eigenvalue weighted by atomic mass is 16.1. The number of carbonyl (C=O) groups is 1. The second-order valence-electron chi connectivity index (χ2n) is 5.91. The van der Waals surface area contributed by atoms with Crippen molar-refractivity contribution in [2.45, 2.75) is 39.0 Å². The zero-order chi connectivity index (χ0) is 17.2. The number of rotatable bonds is 9. The quantitative estimate of drug-likeness (QED) is 0.461. The minimum absolute atomic E-state index is 0.207. The summed E-state index contributed by atoms with van der Waals surface area (Å²) in [5.41, 5.74) is 4.11. The molecule has 0 fully saturated rings. The maximum absolute atomic E-state index is 11.4. The Balaban J connectivity index is 1.99. The monoisotopic (exact) mass is 322 g/mol. The summed E-state index contributed by atoms with van der Waals surface area (Å²) in [7, 11) is 0. The number of amides is 1. The highest BCUT2D eigenvalue weighted by Crippen LogP contribution is 2.21. The van der Waals surface area contributed by atoms with E-state index in [1.807, 2.05) is 24.3 Å². The van der Waals surface area contributed by atoms with Crippen molar-refractivity contribution >= 4 is 23.0 Å². The van der Waals surface area contributed by atoms with Crippen LogP contribution in [0.2, 0.25) is 0 Å². The van der Waals surface area contributed by atoms with E-state index in [2.05, 4.69) is 48.4 Å². The van der Waals surface area contributed by atoms with Gasteiger partial charge in [-0.1, -0.05) is 51.0 Å². The van der Waals surface area contributed by atoms with Crippen molar-refractivity contribution in [3.8, 4) is 0 Å². The van der Waals surface area contributed by atoms with E-state index in [1.165, 1.54) is 37.3 Å². The third-order valence-corrected chi connectivity index (χ3v) is 3.85. The number of anilines is 3. The first-order valence-corrected chi connectivity index (χ1v) is 8.60. The summed E-state index contributed by atoms with van der Waals surface area (Å²) >= 11 is 0. The van der Waals surface area contributed by atoms with Gasteiger partial charge in [-0.25, -0.2) is 0 Å². The minimum atomic E-state index is -0.207. The van der Waals surface area contributed by atoms with Crippen molar-refractivity contribution in [3.63, 3.8) is 0 Å². The summed E-state index contributed by atoms with van der Waals surface area (Å²) in [6.07, 6.45) is 7.48. The first-order chi connectivity index (χ1) is 11.7. The fraction of sp³-hybridized carbons (Fsp3) is 0.286. The second-order valence-corrected chi connectivity index (χ2v) is 5.91. The van der Waals surface area contributed by atoms with Gasteiger partial charge in [0.15, 0.2) is 0 Å². The molecule has 0 radical (unpaired) electrons. The summed E-state index contributed by atoms with van der Waals surface area (Å²) in [5.74, 6) is -0.207. The SMILES string of the molecule is C=CC(=O)Nc1cccc(Nc2cccc(CCCCCC)c2)c1. The maximum atomic E-state index is 11.4. The number of hydrogen-bond donors (Lipinski definition) is 2. The summed E-state index contributed by atoms with van der Waals surface area (Å²) in [6.45, 7) is 5.70. The van der Waals surface area contributed by atoms with E-state index < -0.39 is 0 Å². The molecule has 0 atom stereocenters. The van der Waals surface area contributed by atoms with Crippen molar-refractivity contribution < 1.29 is 4.79 Å². The average Bonchev–Trinajstić information content (AvgIpc) is 2.59. The molecule has 2 rings (SSSR count). The predicted molar refractivity (Wildman–Crippen MR) is 103 cm³/mol. The summed E-state index contributed by atoms with van der Waals surface area (Å²) < 4.78 is 0. The average molecular weight is 322 g/mol. The minimum Gasteiger partial charge on any atom is -0.355 e. The fourth-order valence-electron chi connectivity index (χ4n) is 2.60. The lowest BCUT2D eigenvalue weighted by molar-refractivity contribution is -0.111. The van der Waals surface area contributed by atoms with E-state index >= 15 is 0 Å². The molecule has 0 bridgehead atoms. The highest BCUT2D eigenvalue weighted by Gasteiger charge is 2.01. The number of aryl methyl sites for hydroxylation is 1. The van der Waals surface area contributed by atoms with E-state index in [0.717, 1.165) is 23.5 Å². The van der Waals surface area contributed by atoms with Gasteiger partial charge in [-0.15, -0.1) is 0 Å². The topological polar surface area (TPSA) is 41.1 Å². The van der Waals surface area contributed by atoms with E-state index in [0.29, 0.717) is 0 Å². The van der Waals surface area contributed by atoms with Gasteiger partial charge >= 0.3 is 0 Å². The van der Waals surface area contributed by atoms with E-state index in [4.69, 9.17) is 0 Å². The molecule has 0 aliphatic carbocycles.